The standard InChI is InChI=1S/C12H16N2O/c1-9(15)14-8-10(6-7-13)11-4-2-3-5-12(11)14/h2-5,10H,6-8,13H2,1H3. The van der Waals surface area contributed by atoms with E-state index in [4.69, 9.17) is 5.73 Å². The molecule has 1 unspecified atom stereocenters. The van der Waals surface area contributed by atoms with Crippen molar-refractivity contribution in [3.8, 4) is 0 Å². The molecule has 1 heterocycles. The van der Waals surface area contributed by atoms with Gasteiger partial charge in [-0.25, -0.2) is 0 Å². The van der Waals surface area contributed by atoms with Crippen LogP contribution in [0.3, 0.4) is 0 Å². The summed E-state index contributed by atoms with van der Waals surface area (Å²) in [5.41, 5.74) is 7.90. The third-order valence-corrected chi connectivity index (χ3v) is 2.97. The Hall–Kier alpha value is -1.35. The molecule has 0 aromatic heterocycles. The molecule has 1 aromatic carbocycles. The van der Waals surface area contributed by atoms with Crippen molar-refractivity contribution in [1.82, 2.24) is 0 Å². The number of nitrogens with zero attached hydrogens (tertiary/aromatic N) is 1. The van der Waals surface area contributed by atoms with Gasteiger partial charge in [-0.15, -0.1) is 0 Å². The van der Waals surface area contributed by atoms with Crippen LogP contribution in [0.2, 0.25) is 0 Å². The quantitative estimate of drug-likeness (QED) is 0.793. The van der Waals surface area contributed by atoms with E-state index in [-0.39, 0.29) is 5.91 Å². The fourth-order valence-corrected chi connectivity index (χ4v) is 2.24. The van der Waals surface area contributed by atoms with Crippen LogP contribution in [0.4, 0.5) is 5.69 Å². The predicted octanol–water partition coefficient (Wildman–Crippen LogP) is 1.49. The molecule has 0 aliphatic carbocycles. The van der Waals surface area contributed by atoms with Gasteiger partial charge in [0.1, 0.15) is 0 Å². The molecule has 0 saturated heterocycles. The number of amides is 1. The van der Waals surface area contributed by atoms with Crippen LogP contribution in [-0.4, -0.2) is 19.0 Å². The molecule has 1 amide bonds. The molecule has 0 radical (unpaired) electrons. The molecule has 80 valence electrons. The van der Waals surface area contributed by atoms with Crippen molar-refractivity contribution in [2.75, 3.05) is 18.0 Å². The average molecular weight is 204 g/mol. The van der Waals surface area contributed by atoms with E-state index in [2.05, 4.69) is 6.07 Å². The first-order valence-corrected chi connectivity index (χ1v) is 5.31. The van der Waals surface area contributed by atoms with Gasteiger partial charge < -0.3 is 10.6 Å². The number of carbonyl (C=O) groups excluding carboxylic acids is 1. The summed E-state index contributed by atoms with van der Waals surface area (Å²) in [7, 11) is 0. The van der Waals surface area contributed by atoms with E-state index in [9.17, 15) is 4.79 Å². The summed E-state index contributed by atoms with van der Waals surface area (Å²) in [5.74, 6) is 0.525. The highest BCUT2D eigenvalue weighted by Gasteiger charge is 2.29. The highest BCUT2D eigenvalue weighted by Crippen LogP contribution is 2.37. The Labute approximate surface area is 89.9 Å². The van der Waals surface area contributed by atoms with Gasteiger partial charge in [0, 0.05) is 25.1 Å². The first-order chi connectivity index (χ1) is 7.24. The average Bonchev–Trinajstić information content (AvgIpc) is 2.59. The lowest BCUT2D eigenvalue weighted by Gasteiger charge is -2.14. The smallest absolute Gasteiger partial charge is 0.223 e. The zero-order valence-electron chi connectivity index (χ0n) is 8.94. The van der Waals surface area contributed by atoms with Crippen LogP contribution in [0, 0.1) is 0 Å². The second kappa shape index (κ2) is 4.03. The van der Waals surface area contributed by atoms with Gasteiger partial charge in [0.15, 0.2) is 0 Å². The van der Waals surface area contributed by atoms with Crippen LogP contribution in [0.25, 0.3) is 0 Å². The van der Waals surface area contributed by atoms with Crippen LogP contribution >= 0.6 is 0 Å². The molecule has 0 bridgehead atoms. The fraction of sp³-hybridized carbons (Fsp3) is 0.417. The highest BCUT2D eigenvalue weighted by molar-refractivity contribution is 5.94. The lowest BCUT2D eigenvalue weighted by Crippen LogP contribution is -2.27. The summed E-state index contributed by atoms with van der Waals surface area (Å²) in [4.78, 5) is 13.3. The third-order valence-electron chi connectivity index (χ3n) is 2.97. The number of rotatable bonds is 2. The molecule has 1 aliphatic rings. The van der Waals surface area contributed by atoms with Crippen LogP contribution < -0.4 is 10.6 Å². The lowest BCUT2D eigenvalue weighted by atomic mass is 9.98. The van der Waals surface area contributed by atoms with Gasteiger partial charge in [0.05, 0.1) is 0 Å². The first kappa shape index (κ1) is 10.2. The Balaban J connectivity index is 2.35. The van der Waals surface area contributed by atoms with Crippen molar-refractivity contribution < 1.29 is 4.79 Å². The third kappa shape index (κ3) is 1.75. The summed E-state index contributed by atoms with van der Waals surface area (Å²) >= 11 is 0. The number of para-hydroxylation sites is 1. The number of benzene rings is 1. The molecule has 3 heteroatoms. The first-order valence-electron chi connectivity index (χ1n) is 5.31. The summed E-state index contributed by atoms with van der Waals surface area (Å²) in [6.45, 7) is 3.07. The van der Waals surface area contributed by atoms with Crippen molar-refractivity contribution in [2.24, 2.45) is 5.73 Å². The summed E-state index contributed by atoms with van der Waals surface area (Å²) in [6.07, 6.45) is 0.945. The second-order valence-corrected chi connectivity index (χ2v) is 3.96. The summed E-state index contributed by atoms with van der Waals surface area (Å²) in [5, 5.41) is 0. The molecule has 1 aliphatic heterocycles. The molecule has 0 saturated carbocycles. The summed E-state index contributed by atoms with van der Waals surface area (Å²) < 4.78 is 0. The molecule has 2 N–H and O–H groups in total. The van der Waals surface area contributed by atoms with E-state index in [0.29, 0.717) is 12.5 Å². The van der Waals surface area contributed by atoms with E-state index in [0.717, 1.165) is 18.7 Å². The maximum Gasteiger partial charge on any atom is 0.223 e. The number of nitrogens with two attached hydrogens (primary N) is 1. The fourth-order valence-electron chi connectivity index (χ4n) is 2.24. The molecule has 2 rings (SSSR count). The Morgan fingerprint density at radius 3 is 2.93 bits per heavy atom. The molecule has 15 heavy (non-hydrogen) atoms. The van der Waals surface area contributed by atoms with Gasteiger partial charge in [-0.1, -0.05) is 18.2 Å². The minimum atomic E-state index is 0.113. The van der Waals surface area contributed by atoms with Crippen molar-refractivity contribution in [1.29, 1.82) is 0 Å². The lowest BCUT2D eigenvalue weighted by molar-refractivity contribution is -0.116. The Morgan fingerprint density at radius 2 is 2.27 bits per heavy atom. The van der Waals surface area contributed by atoms with Crippen molar-refractivity contribution in [2.45, 2.75) is 19.3 Å². The van der Waals surface area contributed by atoms with Gasteiger partial charge in [0.2, 0.25) is 5.91 Å². The summed E-state index contributed by atoms with van der Waals surface area (Å²) in [6, 6.07) is 8.09. The van der Waals surface area contributed by atoms with Crippen LogP contribution in [0.1, 0.15) is 24.8 Å². The number of carbonyl (C=O) groups is 1. The number of anilines is 1. The van der Waals surface area contributed by atoms with E-state index in [1.807, 2.05) is 23.1 Å². The molecule has 3 nitrogen and oxygen atoms in total. The maximum atomic E-state index is 11.5. The Morgan fingerprint density at radius 1 is 1.53 bits per heavy atom. The van der Waals surface area contributed by atoms with Crippen LogP contribution in [-0.2, 0) is 4.79 Å². The topological polar surface area (TPSA) is 46.3 Å². The minimum Gasteiger partial charge on any atom is -0.330 e. The van der Waals surface area contributed by atoms with E-state index in [1.165, 1.54) is 5.56 Å². The molecule has 1 atom stereocenters. The number of hydrogen-bond acceptors (Lipinski definition) is 2. The predicted molar refractivity (Wildman–Crippen MR) is 60.9 cm³/mol. The number of hydrogen-bond donors (Lipinski definition) is 1. The SMILES string of the molecule is CC(=O)N1CC(CCN)c2ccccc21. The molecule has 0 fully saturated rings. The van der Waals surface area contributed by atoms with Crippen LogP contribution in [0.5, 0.6) is 0 Å². The largest absolute Gasteiger partial charge is 0.330 e. The molecule has 0 spiro atoms. The van der Waals surface area contributed by atoms with Crippen LogP contribution in [0.15, 0.2) is 24.3 Å². The second-order valence-electron chi connectivity index (χ2n) is 3.96. The van der Waals surface area contributed by atoms with Gasteiger partial charge in [0.25, 0.3) is 0 Å². The van der Waals surface area contributed by atoms with E-state index in [1.54, 1.807) is 6.92 Å². The van der Waals surface area contributed by atoms with Gasteiger partial charge >= 0.3 is 0 Å². The van der Waals surface area contributed by atoms with E-state index >= 15 is 0 Å². The van der Waals surface area contributed by atoms with Crippen molar-refractivity contribution in [3.05, 3.63) is 29.8 Å². The van der Waals surface area contributed by atoms with Gasteiger partial charge in [-0.2, -0.15) is 0 Å². The van der Waals surface area contributed by atoms with Gasteiger partial charge in [-0.05, 0) is 24.6 Å². The minimum absolute atomic E-state index is 0.113. The van der Waals surface area contributed by atoms with E-state index < -0.39 is 0 Å². The molecular formula is C12H16N2O. The van der Waals surface area contributed by atoms with Crippen molar-refractivity contribution in [3.63, 3.8) is 0 Å². The zero-order chi connectivity index (χ0) is 10.8. The Kier molecular flexibility index (Phi) is 2.73. The maximum absolute atomic E-state index is 11.5. The van der Waals surface area contributed by atoms with Crippen molar-refractivity contribution >= 4 is 11.6 Å². The molecule has 1 aromatic rings. The zero-order valence-corrected chi connectivity index (χ0v) is 8.94. The van der Waals surface area contributed by atoms with Gasteiger partial charge in [-0.3, -0.25) is 4.79 Å². The molecular weight excluding hydrogens is 188 g/mol. The normalized spacial score (nSPS) is 19.1. The highest BCUT2D eigenvalue weighted by atomic mass is 16.2. The number of fused-ring (bicyclic) bond motifs is 1. The Bertz CT molecular complexity index is 376. The monoisotopic (exact) mass is 204 g/mol.